The van der Waals surface area contributed by atoms with Crippen molar-refractivity contribution in [1.29, 1.82) is 0 Å². The van der Waals surface area contributed by atoms with E-state index in [1.54, 1.807) is 0 Å². The molecule has 0 aliphatic carbocycles. The third-order valence-corrected chi connectivity index (χ3v) is 2.46. The number of rotatable bonds is 3. The van der Waals surface area contributed by atoms with Gasteiger partial charge in [-0.3, -0.25) is 0 Å². The zero-order valence-electron chi connectivity index (χ0n) is 7.93. The highest BCUT2D eigenvalue weighted by Crippen LogP contribution is 2.43. The van der Waals surface area contributed by atoms with E-state index in [0.29, 0.717) is 0 Å². The van der Waals surface area contributed by atoms with Crippen molar-refractivity contribution >= 4 is 29.2 Å². The maximum absolute atomic E-state index is 13.3. The number of aliphatic carboxylic acids is 1. The number of halogens is 4. The minimum atomic E-state index is -4.16. The number of hydrogen-bond donors (Lipinski definition) is 1. The summed E-state index contributed by atoms with van der Waals surface area (Å²) in [7, 11) is 1.10. The summed E-state index contributed by atoms with van der Waals surface area (Å²) in [5.41, 5.74) is -0.948. The fraction of sp³-hybridized carbons (Fsp3) is 0.222. The lowest BCUT2D eigenvalue weighted by Crippen LogP contribution is -2.26. The fourth-order valence-electron chi connectivity index (χ4n) is 1.13. The molecular weight excluding hydrogens is 265 g/mol. The molecule has 0 aliphatic heterocycles. The molecule has 7 heteroatoms. The van der Waals surface area contributed by atoms with Gasteiger partial charge in [0.15, 0.2) is 0 Å². The number of benzene rings is 1. The van der Waals surface area contributed by atoms with Crippen LogP contribution in [0.1, 0.15) is 5.56 Å². The fourth-order valence-corrected chi connectivity index (χ4v) is 1.63. The predicted octanol–water partition coefficient (Wildman–Crippen LogP) is 3.18. The lowest BCUT2D eigenvalue weighted by atomic mass is 10.1. The van der Waals surface area contributed by atoms with E-state index in [0.717, 1.165) is 13.2 Å². The highest BCUT2D eigenvalue weighted by molar-refractivity contribution is 6.35. The molecule has 0 atom stereocenters. The van der Waals surface area contributed by atoms with Crippen LogP contribution in [0.4, 0.5) is 8.78 Å². The Bertz CT molecular complexity index is 435. The maximum Gasteiger partial charge on any atom is 0.379 e. The van der Waals surface area contributed by atoms with Crippen molar-refractivity contribution in [1.82, 2.24) is 0 Å². The molecule has 3 nitrogen and oxygen atoms in total. The molecule has 0 unspecified atom stereocenters. The molecule has 1 aromatic carbocycles. The Morgan fingerprint density at radius 3 is 2.31 bits per heavy atom. The topological polar surface area (TPSA) is 46.5 Å². The molecule has 0 saturated carbocycles. The SMILES string of the molecule is COc1c(Cl)ccc(Cl)c1C(F)(F)C(=O)O. The van der Waals surface area contributed by atoms with E-state index >= 15 is 0 Å². The van der Waals surface area contributed by atoms with Crippen molar-refractivity contribution < 1.29 is 23.4 Å². The number of carboxylic acid groups (broad SMARTS) is 1. The monoisotopic (exact) mass is 270 g/mol. The standard InChI is InChI=1S/C9H6Cl2F2O3/c1-16-7-5(11)3-2-4(10)6(7)9(12,13)8(14)15/h2-3H,1H3,(H,14,15). The summed E-state index contributed by atoms with van der Waals surface area (Å²) in [5, 5.41) is 7.86. The van der Waals surface area contributed by atoms with Crippen molar-refractivity contribution in [2.75, 3.05) is 7.11 Å². The van der Waals surface area contributed by atoms with E-state index in [-0.39, 0.29) is 5.02 Å². The van der Waals surface area contributed by atoms with Crippen LogP contribution >= 0.6 is 23.2 Å². The second kappa shape index (κ2) is 4.43. The smallest absolute Gasteiger partial charge is 0.379 e. The number of carbonyl (C=O) groups is 1. The zero-order chi connectivity index (χ0) is 12.5. The number of hydrogen-bond acceptors (Lipinski definition) is 2. The highest BCUT2D eigenvalue weighted by Gasteiger charge is 2.46. The maximum atomic E-state index is 13.3. The van der Waals surface area contributed by atoms with Crippen LogP contribution < -0.4 is 4.74 Å². The van der Waals surface area contributed by atoms with Gasteiger partial charge in [0, 0.05) is 0 Å². The van der Waals surface area contributed by atoms with Crippen LogP contribution in [0.5, 0.6) is 5.75 Å². The van der Waals surface area contributed by atoms with Gasteiger partial charge in [-0.15, -0.1) is 0 Å². The van der Waals surface area contributed by atoms with Crippen LogP contribution in [0.3, 0.4) is 0 Å². The largest absolute Gasteiger partial charge is 0.495 e. The molecule has 0 spiro atoms. The molecular formula is C9H6Cl2F2O3. The minimum absolute atomic E-state index is 0.136. The van der Waals surface area contributed by atoms with E-state index in [1.165, 1.54) is 6.07 Å². The van der Waals surface area contributed by atoms with E-state index in [2.05, 4.69) is 4.74 Å². The average molecular weight is 271 g/mol. The van der Waals surface area contributed by atoms with Gasteiger partial charge in [0.1, 0.15) is 5.75 Å². The number of alkyl halides is 2. The number of carboxylic acids is 1. The molecule has 88 valence electrons. The van der Waals surface area contributed by atoms with Gasteiger partial charge in [0.2, 0.25) is 0 Å². The summed E-state index contributed by atoms with van der Waals surface area (Å²) >= 11 is 11.1. The lowest BCUT2D eigenvalue weighted by molar-refractivity contribution is -0.166. The van der Waals surface area contributed by atoms with Crippen LogP contribution in [0.25, 0.3) is 0 Å². The predicted molar refractivity (Wildman–Crippen MR) is 54.5 cm³/mol. The summed E-state index contributed by atoms with van der Waals surface area (Å²) in [6.07, 6.45) is 0. The van der Waals surface area contributed by atoms with Crippen molar-refractivity contribution in [3.8, 4) is 5.75 Å². The second-order valence-corrected chi connectivity index (χ2v) is 3.63. The Hall–Kier alpha value is -1.07. The van der Waals surface area contributed by atoms with Crippen molar-refractivity contribution in [2.24, 2.45) is 0 Å². The van der Waals surface area contributed by atoms with E-state index in [9.17, 15) is 13.6 Å². The van der Waals surface area contributed by atoms with E-state index < -0.39 is 28.2 Å². The van der Waals surface area contributed by atoms with E-state index in [4.69, 9.17) is 28.3 Å². The van der Waals surface area contributed by atoms with Crippen LogP contribution in [-0.2, 0) is 10.7 Å². The summed E-state index contributed by atoms with van der Waals surface area (Å²) < 4.78 is 31.3. The first-order valence-corrected chi connectivity index (χ1v) is 4.71. The Balaban J connectivity index is 3.54. The Morgan fingerprint density at radius 2 is 1.88 bits per heavy atom. The summed E-state index contributed by atoms with van der Waals surface area (Å²) in [6, 6.07) is 2.32. The first-order valence-electron chi connectivity index (χ1n) is 3.96. The molecule has 1 aromatic rings. The van der Waals surface area contributed by atoms with Crippen molar-refractivity contribution in [2.45, 2.75) is 5.92 Å². The van der Waals surface area contributed by atoms with Crippen molar-refractivity contribution in [3.05, 3.63) is 27.7 Å². The molecule has 0 aliphatic rings. The van der Waals surface area contributed by atoms with Crippen molar-refractivity contribution in [3.63, 3.8) is 0 Å². The Labute approximate surface area is 99.5 Å². The van der Waals surface area contributed by atoms with E-state index in [1.807, 2.05) is 0 Å². The summed E-state index contributed by atoms with van der Waals surface area (Å²) in [4.78, 5) is 10.4. The molecule has 0 aromatic heterocycles. The zero-order valence-corrected chi connectivity index (χ0v) is 9.44. The normalized spacial score (nSPS) is 11.3. The first kappa shape index (κ1) is 13.0. The van der Waals surface area contributed by atoms with Crippen LogP contribution in [0, 0.1) is 0 Å². The number of methoxy groups -OCH3 is 1. The minimum Gasteiger partial charge on any atom is -0.495 e. The molecule has 0 fully saturated rings. The van der Waals surface area contributed by atoms with Gasteiger partial charge in [0.25, 0.3) is 0 Å². The molecule has 0 radical (unpaired) electrons. The first-order chi connectivity index (χ1) is 7.32. The molecule has 0 bridgehead atoms. The molecule has 1 N–H and O–H groups in total. The molecule has 0 saturated heterocycles. The third kappa shape index (κ3) is 2.05. The van der Waals surface area contributed by atoms with Gasteiger partial charge in [0.05, 0.1) is 22.7 Å². The number of ether oxygens (including phenoxy) is 1. The summed E-state index contributed by atoms with van der Waals surface area (Å²) in [6.45, 7) is 0. The van der Waals surface area contributed by atoms with Gasteiger partial charge >= 0.3 is 11.9 Å². The van der Waals surface area contributed by atoms with Gasteiger partial charge in [-0.25, -0.2) is 4.79 Å². The molecule has 0 amide bonds. The van der Waals surface area contributed by atoms with Gasteiger partial charge in [-0.2, -0.15) is 8.78 Å². The summed E-state index contributed by atoms with van der Waals surface area (Å²) in [5.74, 6) is -6.93. The Morgan fingerprint density at radius 1 is 1.38 bits per heavy atom. The second-order valence-electron chi connectivity index (χ2n) is 2.82. The molecule has 0 heterocycles. The quantitative estimate of drug-likeness (QED) is 0.918. The average Bonchev–Trinajstić information content (AvgIpc) is 2.20. The molecule has 1 rings (SSSR count). The van der Waals surface area contributed by atoms with Crippen LogP contribution in [-0.4, -0.2) is 18.2 Å². The highest BCUT2D eigenvalue weighted by atomic mass is 35.5. The van der Waals surface area contributed by atoms with Gasteiger partial charge in [-0.1, -0.05) is 23.2 Å². The van der Waals surface area contributed by atoms with Gasteiger partial charge in [-0.05, 0) is 12.1 Å². The van der Waals surface area contributed by atoms with Gasteiger partial charge < -0.3 is 9.84 Å². The Kier molecular flexibility index (Phi) is 3.60. The third-order valence-electron chi connectivity index (χ3n) is 1.85. The lowest BCUT2D eigenvalue weighted by Gasteiger charge is -2.17. The molecule has 16 heavy (non-hydrogen) atoms. The van der Waals surface area contributed by atoms with Crippen LogP contribution in [0.15, 0.2) is 12.1 Å². The van der Waals surface area contributed by atoms with Crippen LogP contribution in [0.2, 0.25) is 10.0 Å².